The Bertz CT molecular complexity index is 325. The van der Waals surface area contributed by atoms with Crippen molar-refractivity contribution in [2.45, 2.75) is 51.9 Å². The Morgan fingerprint density at radius 3 is 2.07 bits per heavy atom. The molecule has 1 saturated carbocycles. The first-order valence-corrected chi connectivity index (χ1v) is 5.98. The van der Waals surface area contributed by atoms with Crippen LogP contribution in [0.15, 0.2) is 12.1 Å². The van der Waals surface area contributed by atoms with E-state index in [2.05, 4.69) is 13.8 Å². The predicted molar refractivity (Wildman–Crippen MR) is 63.4 cm³/mol. The van der Waals surface area contributed by atoms with Gasteiger partial charge in [-0.2, -0.15) is 0 Å². The molecule has 0 bridgehead atoms. The lowest BCUT2D eigenvalue weighted by atomic mass is 9.80. The van der Waals surface area contributed by atoms with Crippen LogP contribution in [0.2, 0.25) is 0 Å². The van der Waals surface area contributed by atoms with Crippen molar-refractivity contribution in [1.29, 1.82) is 0 Å². The molecule has 82 valence electrons. The van der Waals surface area contributed by atoms with Gasteiger partial charge in [-0.15, -0.1) is 0 Å². The zero-order valence-electron chi connectivity index (χ0n) is 9.71. The highest BCUT2D eigenvalue weighted by Gasteiger charge is 2.19. The van der Waals surface area contributed by atoms with E-state index in [1.54, 1.807) is 0 Å². The van der Waals surface area contributed by atoms with Gasteiger partial charge in [0, 0.05) is 0 Å². The van der Waals surface area contributed by atoms with Gasteiger partial charge in [0.15, 0.2) is 0 Å². The van der Waals surface area contributed by atoms with Crippen molar-refractivity contribution < 1.29 is 5.11 Å². The molecule has 1 aliphatic rings. The van der Waals surface area contributed by atoms with Crippen LogP contribution in [0.3, 0.4) is 0 Å². The van der Waals surface area contributed by atoms with Crippen molar-refractivity contribution in [3.8, 4) is 5.75 Å². The lowest BCUT2D eigenvalue weighted by molar-refractivity contribution is 0.439. The van der Waals surface area contributed by atoms with Crippen LogP contribution in [0.1, 0.15) is 54.7 Å². The standard InChI is InChI=1S/C14H20O/c1-10-8-13(15)9-11(2)14(10)12-6-4-3-5-7-12/h8-9,12,15H,3-7H2,1-2H3. The Labute approximate surface area is 92.1 Å². The van der Waals surface area contributed by atoms with E-state index in [-0.39, 0.29) is 0 Å². The van der Waals surface area contributed by atoms with Gasteiger partial charge in [-0.1, -0.05) is 19.3 Å². The first-order chi connectivity index (χ1) is 7.18. The fourth-order valence-corrected chi connectivity index (χ4v) is 2.99. The van der Waals surface area contributed by atoms with Crippen LogP contribution in [0.4, 0.5) is 0 Å². The molecule has 1 aromatic rings. The van der Waals surface area contributed by atoms with Gasteiger partial charge < -0.3 is 5.11 Å². The van der Waals surface area contributed by atoms with E-state index >= 15 is 0 Å². The molecule has 0 heterocycles. The maximum absolute atomic E-state index is 9.52. The van der Waals surface area contributed by atoms with Crippen molar-refractivity contribution >= 4 is 0 Å². The molecule has 1 heteroatoms. The molecule has 0 aromatic heterocycles. The zero-order chi connectivity index (χ0) is 10.8. The Morgan fingerprint density at radius 1 is 1.00 bits per heavy atom. The summed E-state index contributed by atoms with van der Waals surface area (Å²) < 4.78 is 0. The number of aromatic hydroxyl groups is 1. The molecule has 0 unspecified atom stereocenters. The van der Waals surface area contributed by atoms with Crippen molar-refractivity contribution in [2.75, 3.05) is 0 Å². The van der Waals surface area contributed by atoms with Crippen molar-refractivity contribution in [3.63, 3.8) is 0 Å². The molecule has 1 N–H and O–H groups in total. The molecule has 0 radical (unpaired) electrons. The number of phenolic OH excluding ortho intramolecular Hbond substituents is 1. The molecule has 1 fully saturated rings. The molecular formula is C14H20O. The van der Waals surface area contributed by atoms with Gasteiger partial charge in [0.25, 0.3) is 0 Å². The van der Waals surface area contributed by atoms with Crippen LogP contribution in [0.5, 0.6) is 5.75 Å². The SMILES string of the molecule is Cc1cc(O)cc(C)c1C1CCCCC1. The van der Waals surface area contributed by atoms with E-state index in [0.717, 1.165) is 5.92 Å². The zero-order valence-corrected chi connectivity index (χ0v) is 9.71. The monoisotopic (exact) mass is 204 g/mol. The average Bonchev–Trinajstić information content (AvgIpc) is 2.17. The van der Waals surface area contributed by atoms with Crippen LogP contribution in [0, 0.1) is 13.8 Å². The van der Waals surface area contributed by atoms with Crippen molar-refractivity contribution in [1.82, 2.24) is 0 Å². The van der Waals surface area contributed by atoms with Gasteiger partial charge in [0.05, 0.1) is 0 Å². The predicted octanol–water partition coefficient (Wildman–Crippen LogP) is 4.06. The fraction of sp³-hybridized carbons (Fsp3) is 0.571. The second-order valence-electron chi connectivity index (χ2n) is 4.83. The largest absolute Gasteiger partial charge is 0.508 e. The molecule has 2 rings (SSSR count). The summed E-state index contributed by atoms with van der Waals surface area (Å²) in [6.07, 6.45) is 6.78. The van der Waals surface area contributed by atoms with Crippen LogP contribution < -0.4 is 0 Å². The normalized spacial score (nSPS) is 18.0. The summed E-state index contributed by atoms with van der Waals surface area (Å²) in [6, 6.07) is 3.80. The minimum absolute atomic E-state index is 0.407. The number of phenols is 1. The summed E-state index contributed by atoms with van der Waals surface area (Å²) in [4.78, 5) is 0. The second kappa shape index (κ2) is 4.26. The van der Waals surface area contributed by atoms with Crippen molar-refractivity contribution in [3.05, 3.63) is 28.8 Å². The Hall–Kier alpha value is -0.980. The molecular weight excluding hydrogens is 184 g/mol. The van der Waals surface area contributed by atoms with Crippen LogP contribution >= 0.6 is 0 Å². The Morgan fingerprint density at radius 2 is 1.53 bits per heavy atom. The summed E-state index contributed by atoms with van der Waals surface area (Å²) in [7, 11) is 0. The van der Waals surface area contributed by atoms with Gasteiger partial charge in [-0.25, -0.2) is 0 Å². The van der Waals surface area contributed by atoms with E-state index in [1.807, 2.05) is 12.1 Å². The second-order valence-corrected chi connectivity index (χ2v) is 4.83. The molecule has 0 amide bonds. The lowest BCUT2D eigenvalue weighted by Gasteiger charge is -2.25. The van der Waals surface area contributed by atoms with Crippen LogP contribution in [-0.2, 0) is 0 Å². The lowest BCUT2D eigenvalue weighted by Crippen LogP contribution is -2.07. The summed E-state index contributed by atoms with van der Waals surface area (Å²) in [6.45, 7) is 4.24. The number of hydrogen-bond acceptors (Lipinski definition) is 1. The average molecular weight is 204 g/mol. The third-order valence-corrected chi connectivity index (χ3v) is 3.59. The van der Waals surface area contributed by atoms with Gasteiger partial charge >= 0.3 is 0 Å². The molecule has 0 spiro atoms. The Balaban J connectivity index is 2.33. The topological polar surface area (TPSA) is 20.2 Å². The molecule has 0 aliphatic heterocycles. The van der Waals surface area contributed by atoms with Crippen molar-refractivity contribution in [2.24, 2.45) is 0 Å². The number of rotatable bonds is 1. The van der Waals surface area contributed by atoms with Crippen LogP contribution in [-0.4, -0.2) is 5.11 Å². The number of hydrogen-bond donors (Lipinski definition) is 1. The molecule has 1 aliphatic carbocycles. The first kappa shape index (κ1) is 10.5. The quantitative estimate of drug-likeness (QED) is 0.731. The summed E-state index contributed by atoms with van der Waals surface area (Å²) in [5, 5.41) is 9.52. The number of aryl methyl sites for hydroxylation is 2. The van der Waals surface area contributed by atoms with E-state index in [9.17, 15) is 5.11 Å². The van der Waals surface area contributed by atoms with Gasteiger partial charge in [-0.3, -0.25) is 0 Å². The smallest absolute Gasteiger partial charge is 0.116 e. The molecule has 0 atom stereocenters. The molecule has 0 saturated heterocycles. The van der Waals surface area contributed by atoms with Crippen LogP contribution in [0.25, 0.3) is 0 Å². The van der Waals surface area contributed by atoms with E-state index in [1.165, 1.54) is 48.8 Å². The first-order valence-electron chi connectivity index (χ1n) is 5.98. The third kappa shape index (κ3) is 2.17. The van der Waals surface area contributed by atoms with Gasteiger partial charge in [0.2, 0.25) is 0 Å². The minimum atomic E-state index is 0.407. The molecule has 15 heavy (non-hydrogen) atoms. The van der Waals surface area contributed by atoms with E-state index < -0.39 is 0 Å². The van der Waals surface area contributed by atoms with Gasteiger partial charge in [-0.05, 0) is 61.4 Å². The highest BCUT2D eigenvalue weighted by molar-refractivity contribution is 5.42. The molecule has 1 aromatic carbocycles. The summed E-state index contributed by atoms with van der Waals surface area (Å²) in [5.41, 5.74) is 4.02. The fourth-order valence-electron chi connectivity index (χ4n) is 2.99. The number of benzene rings is 1. The van der Waals surface area contributed by atoms with E-state index in [4.69, 9.17) is 0 Å². The van der Waals surface area contributed by atoms with Gasteiger partial charge in [0.1, 0.15) is 5.75 Å². The highest BCUT2D eigenvalue weighted by atomic mass is 16.3. The maximum atomic E-state index is 9.52. The summed E-state index contributed by atoms with van der Waals surface area (Å²) in [5.74, 6) is 1.14. The maximum Gasteiger partial charge on any atom is 0.116 e. The summed E-state index contributed by atoms with van der Waals surface area (Å²) >= 11 is 0. The minimum Gasteiger partial charge on any atom is -0.508 e. The Kier molecular flexibility index (Phi) is 2.99. The van der Waals surface area contributed by atoms with E-state index in [0.29, 0.717) is 5.75 Å². The molecule has 1 nitrogen and oxygen atoms in total. The highest BCUT2D eigenvalue weighted by Crippen LogP contribution is 2.37. The third-order valence-electron chi connectivity index (χ3n) is 3.59.